The Morgan fingerprint density at radius 3 is 1.67 bits per heavy atom. The molecule has 0 saturated heterocycles. The summed E-state index contributed by atoms with van der Waals surface area (Å²) < 4.78 is 47.3. The smallest absolute Gasteiger partial charge is 0.414 e. The summed E-state index contributed by atoms with van der Waals surface area (Å²) in [5, 5.41) is 26.6. The molecule has 16 amide bonds. The highest BCUT2D eigenvalue weighted by Gasteiger charge is 2.48. The molecule has 1 unspecified atom stereocenters. The minimum absolute atomic E-state index is 0.00206. The summed E-state index contributed by atoms with van der Waals surface area (Å²) in [5.41, 5.74) is 4.78. The summed E-state index contributed by atoms with van der Waals surface area (Å²) in [5.74, 6) is -7.96. The lowest BCUT2D eigenvalue weighted by atomic mass is 10.0. The number of carbonyl (C=O) groups excluding carboxylic acids is 16. The number of carbonyl (C=O) groups is 16. The Balaban J connectivity index is 0.797. The molecule has 39 heteroatoms. The number of rotatable bonds is 21. The number of amides is 16. The van der Waals surface area contributed by atoms with Gasteiger partial charge in [-0.3, -0.25) is 81.8 Å². The lowest BCUT2D eigenvalue weighted by molar-refractivity contribution is -0.138. The van der Waals surface area contributed by atoms with Crippen LogP contribution in [0.1, 0.15) is 136 Å². The Morgan fingerprint density at radius 2 is 1.08 bits per heavy atom. The van der Waals surface area contributed by atoms with E-state index in [1.54, 1.807) is 83.5 Å². The van der Waals surface area contributed by atoms with Crippen LogP contribution < -0.4 is 91.7 Å². The predicted molar refractivity (Wildman–Crippen MR) is 475 cm³/mol. The average Bonchev–Trinajstić information content (AvgIpc) is 1.51. The van der Waals surface area contributed by atoms with Crippen molar-refractivity contribution >= 4 is 135 Å². The van der Waals surface area contributed by atoms with E-state index in [0.29, 0.717) is 66.2 Å². The topological polar surface area (TPSA) is 483 Å². The van der Waals surface area contributed by atoms with Crippen LogP contribution in [0.25, 0.3) is 0 Å². The molecule has 131 heavy (non-hydrogen) atoms. The van der Waals surface area contributed by atoms with Gasteiger partial charge in [0, 0.05) is 105 Å². The quantitative estimate of drug-likeness (QED) is 0.0306. The van der Waals surface area contributed by atoms with Crippen LogP contribution in [0.3, 0.4) is 0 Å². The van der Waals surface area contributed by atoms with Crippen molar-refractivity contribution in [3.8, 4) is 23.0 Å². The maximum atomic E-state index is 15.7. The second-order valence-electron chi connectivity index (χ2n) is 32.2. The molecule has 0 aliphatic carbocycles. The van der Waals surface area contributed by atoms with E-state index >= 15 is 9.59 Å². The number of anilines is 7. The maximum absolute atomic E-state index is 15.7. The van der Waals surface area contributed by atoms with E-state index in [2.05, 4.69) is 53.2 Å². The number of imide groups is 1. The summed E-state index contributed by atoms with van der Waals surface area (Å²) in [4.78, 5) is 225. The summed E-state index contributed by atoms with van der Waals surface area (Å²) in [6, 6.07) is 21.8. The van der Waals surface area contributed by atoms with Crippen molar-refractivity contribution in [3.05, 3.63) is 161 Å². The van der Waals surface area contributed by atoms with Gasteiger partial charge in [0.25, 0.3) is 23.6 Å². The van der Waals surface area contributed by atoms with Crippen LogP contribution >= 0.6 is 0 Å². The van der Waals surface area contributed by atoms with Crippen LogP contribution in [-0.2, 0) is 103 Å². The van der Waals surface area contributed by atoms with Gasteiger partial charge in [-0.25, -0.2) is 9.59 Å². The highest BCUT2D eigenvalue weighted by molar-refractivity contribution is 6.17. The van der Waals surface area contributed by atoms with Crippen molar-refractivity contribution in [2.24, 2.45) is 0 Å². The molecule has 6 aromatic carbocycles. The van der Waals surface area contributed by atoms with Crippen LogP contribution in [0.4, 0.5) is 49.4 Å². The van der Waals surface area contributed by atoms with Crippen molar-refractivity contribution in [1.29, 1.82) is 0 Å². The molecule has 9 aliphatic rings. The summed E-state index contributed by atoms with van der Waals surface area (Å²) >= 11 is 0. The van der Waals surface area contributed by atoms with Gasteiger partial charge in [-0.05, 0) is 157 Å². The molecule has 10 N–H and O–H groups in total. The largest absolute Gasteiger partial charge is 0.493 e. The Labute approximate surface area is 754 Å². The maximum Gasteiger partial charge on any atom is 0.414 e. The second kappa shape index (κ2) is 44.0. The highest BCUT2D eigenvalue weighted by atomic mass is 16.6. The molecule has 9 heterocycles. The monoisotopic (exact) mass is 1810 g/mol. The summed E-state index contributed by atoms with van der Waals surface area (Å²) in [6.45, 7) is 8.95. The number of para-hydroxylation sites is 1. The molecule has 0 radical (unpaired) electrons. The molecule has 15 rings (SSSR count). The molecule has 8 bridgehead atoms. The number of benzene rings is 6. The third-order valence-electron chi connectivity index (χ3n) is 22.8. The Morgan fingerprint density at radius 1 is 0.519 bits per heavy atom. The van der Waals surface area contributed by atoms with E-state index in [1.807, 2.05) is 24.3 Å². The zero-order valence-electron chi connectivity index (χ0n) is 74.0. The number of methoxy groups -OCH3 is 3. The number of fused-ring (bicyclic) bond motifs is 6. The molecule has 39 nitrogen and oxygen atoms in total. The number of nitrogens with one attached hydrogen (secondary N) is 10. The first-order chi connectivity index (χ1) is 62.9. The fourth-order valence-corrected chi connectivity index (χ4v) is 15.7. The Hall–Kier alpha value is -14.5. The third-order valence-corrected chi connectivity index (χ3v) is 22.8. The van der Waals surface area contributed by atoms with E-state index in [4.69, 9.17) is 37.9 Å². The first-order valence-electron chi connectivity index (χ1n) is 43.1. The van der Waals surface area contributed by atoms with Gasteiger partial charge in [0.2, 0.25) is 59.1 Å². The van der Waals surface area contributed by atoms with E-state index in [9.17, 15) is 67.1 Å². The van der Waals surface area contributed by atoms with Crippen LogP contribution in [0.2, 0.25) is 0 Å². The van der Waals surface area contributed by atoms with Crippen molar-refractivity contribution in [2.45, 2.75) is 173 Å². The second-order valence-corrected chi connectivity index (χ2v) is 32.2. The van der Waals surface area contributed by atoms with Crippen LogP contribution in [0, 0.1) is 0 Å². The lowest BCUT2D eigenvalue weighted by Gasteiger charge is -2.33. The number of hydrogen-bond acceptors (Lipinski definition) is 24. The zero-order valence-corrected chi connectivity index (χ0v) is 74.0. The number of unbranched alkanes of at least 4 members (excludes halogenated alkanes) is 1. The first kappa shape index (κ1) is 95.6. The number of nitrogens with zero attached hydrogens (tertiary/aromatic N) is 5. The predicted octanol–water partition coefficient (Wildman–Crippen LogP) is 5.67. The molecule has 0 saturated carbocycles. The molecular formula is C92H107N15O24. The normalized spacial score (nSPS) is 20.5. The SMILES string of the molecule is COCCOCCC(=O)NCCCC[C@H](NC(=O)[C@H](C)NC(=O)CCN1C(=O)C=CC1=O)C(=O)Nc1ccc2c(c1)C[C@H]1C(C)N3C(=O)OCc4ccc(cc4)NC(=O)[C@H](C)NC(=O)[C@H](C)NC(=O)CCC(=O)N[C@@H](C)C(=O)N[C@@H](C)C(=O)Nc4ccc(cc4)COC(=O)N4C[C@@H]5Cc6ccccc6N5C(=O)c5cc(OC)c(cc54)OCCCOc4cc3c(cc4OC)C(=O)N21. The molecule has 9 atom stereocenters. The van der Waals surface area contributed by atoms with Gasteiger partial charge in [0.05, 0.1) is 94.4 Å². The minimum Gasteiger partial charge on any atom is -0.493 e. The van der Waals surface area contributed by atoms with Crippen LogP contribution in [-0.4, -0.2) is 228 Å². The van der Waals surface area contributed by atoms with Crippen molar-refractivity contribution < 1.29 is 115 Å². The van der Waals surface area contributed by atoms with Gasteiger partial charge in [0.15, 0.2) is 23.0 Å². The fraction of sp³-hybridized carbons (Fsp3) is 0.413. The summed E-state index contributed by atoms with van der Waals surface area (Å²) in [7, 11) is 4.32. The van der Waals surface area contributed by atoms with E-state index in [0.717, 1.165) is 22.6 Å². The third kappa shape index (κ3) is 23.9. The fourth-order valence-electron chi connectivity index (χ4n) is 15.7. The van der Waals surface area contributed by atoms with E-state index < -0.39 is 143 Å². The highest BCUT2D eigenvalue weighted by Crippen LogP contribution is 2.47. The van der Waals surface area contributed by atoms with Crippen molar-refractivity contribution in [1.82, 2.24) is 42.1 Å². The lowest BCUT2D eigenvalue weighted by Crippen LogP contribution is -2.51. The molecule has 694 valence electrons. The van der Waals surface area contributed by atoms with Crippen molar-refractivity contribution in [3.63, 3.8) is 0 Å². The van der Waals surface area contributed by atoms with Crippen LogP contribution in [0.5, 0.6) is 23.0 Å². The number of ether oxygens (including phenoxy) is 8. The first-order valence-corrected chi connectivity index (χ1v) is 43.1. The van der Waals surface area contributed by atoms with E-state index in [1.165, 1.54) is 90.0 Å². The van der Waals surface area contributed by atoms with Gasteiger partial charge >= 0.3 is 12.2 Å². The van der Waals surface area contributed by atoms with Crippen LogP contribution in [0.15, 0.2) is 127 Å². The van der Waals surface area contributed by atoms with Gasteiger partial charge in [-0.2, -0.15) is 0 Å². The van der Waals surface area contributed by atoms with Gasteiger partial charge in [-0.1, -0.05) is 42.5 Å². The van der Waals surface area contributed by atoms with Gasteiger partial charge in [0.1, 0.15) is 49.5 Å². The van der Waals surface area contributed by atoms with Gasteiger partial charge < -0.3 is 101 Å². The minimum atomic E-state index is -1.21. The Kier molecular flexibility index (Phi) is 32.1. The molecular weight excluding hydrogens is 1700 g/mol. The van der Waals surface area contributed by atoms with Crippen molar-refractivity contribution in [2.75, 3.05) is 110 Å². The number of hydrogen-bond donors (Lipinski definition) is 10. The molecule has 0 fully saturated rings. The average molecular weight is 1810 g/mol. The Bertz CT molecular complexity index is 5380. The molecule has 0 spiro atoms. The zero-order chi connectivity index (χ0) is 93.9. The van der Waals surface area contributed by atoms with Gasteiger partial charge in [-0.15, -0.1) is 0 Å². The molecule has 6 aromatic rings. The molecule has 0 aromatic heterocycles. The molecule has 9 aliphatic heterocycles. The standard InChI is InChI=1S/C92H107N15O24/c1-51-83(114)97-54(4)85(116)99-61-22-18-57(19-23-61)49-130-91(122)104-48-64-42-59-15-10-11-17-68(59)106(64)89(120)65-44-73(125-8)75(46-71(65)104)128-36-14-37-129-76-47-72-66(45-74(76)126-9)90(121)107-69-27-26-63(101-88(119)67(16-12-13-34-93-77(108)33-38-127-40-39-124-7)102-87(118)53(3)96-80(111)32-35-103-81(112)30-31-82(103)113)41-60(69)43-70(107)56(6)105(72)92(123)131-50-58-20-24-62(25-21-58)100-86(117)55(5)98-84(115)52(2)95-79(110)29-28-78(109)94-51/h10-11,15,17-27,30-31,41,44-47,51-56,64,67,70H,12-14,16,28-29,32-40,42-43,48-50H2,1-9H3,(H,93,108)(H,94,109)(H,95,110)(H,96,111)(H,97,114)(H,98,115)(H,99,116)(H,100,117)(H,101,119)(H,102,118)/t51-,52-,53-,54-,55-,56?,64-,67-,70-/m0/s1. The van der Waals surface area contributed by atoms with E-state index in [-0.39, 0.29) is 160 Å². The summed E-state index contributed by atoms with van der Waals surface area (Å²) in [6.07, 6.45) is 0.976.